The first-order valence-electron chi connectivity index (χ1n) is 7.85. The van der Waals surface area contributed by atoms with Crippen LogP contribution in [-0.4, -0.2) is 41.6 Å². The quantitative estimate of drug-likeness (QED) is 0.890. The van der Waals surface area contributed by atoms with Crippen molar-refractivity contribution in [2.24, 2.45) is 5.73 Å². The second-order valence-corrected chi connectivity index (χ2v) is 6.86. The van der Waals surface area contributed by atoms with E-state index in [1.54, 1.807) is 4.90 Å². The van der Waals surface area contributed by atoms with Crippen molar-refractivity contribution in [3.63, 3.8) is 0 Å². The highest BCUT2D eigenvalue weighted by Crippen LogP contribution is 2.21. The summed E-state index contributed by atoms with van der Waals surface area (Å²) in [6.07, 6.45) is 0.753. The molecule has 0 bridgehead atoms. The van der Waals surface area contributed by atoms with Crippen molar-refractivity contribution in [1.29, 1.82) is 0 Å². The molecule has 0 aliphatic carbocycles. The van der Waals surface area contributed by atoms with Crippen LogP contribution in [0.4, 0.5) is 10.5 Å². The SMILES string of the molecule is CC(C)(C)OC(=O)N1CCC(Nc2ccccc2CC(N)=O)C1. The standard InChI is InChI=1S/C17H25N3O3/c1-17(2,3)23-16(22)20-9-8-13(11-20)19-14-7-5-4-6-12(14)10-15(18)21/h4-7,13,19H,8-11H2,1-3H3,(H2,18,21). The lowest BCUT2D eigenvalue weighted by Crippen LogP contribution is -2.36. The summed E-state index contributed by atoms with van der Waals surface area (Å²) >= 11 is 0. The van der Waals surface area contributed by atoms with E-state index in [2.05, 4.69) is 5.32 Å². The number of benzene rings is 1. The van der Waals surface area contributed by atoms with E-state index in [-0.39, 0.29) is 24.5 Å². The summed E-state index contributed by atoms with van der Waals surface area (Å²) in [6.45, 7) is 6.81. The predicted octanol–water partition coefficient (Wildman–Crippen LogP) is 2.14. The van der Waals surface area contributed by atoms with Gasteiger partial charge in [-0.3, -0.25) is 4.79 Å². The van der Waals surface area contributed by atoms with E-state index in [4.69, 9.17) is 10.5 Å². The van der Waals surface area contributed by atoms with Crippen LogP contribution in [0.3, 0.4) is 0 Å². The van der Waals surface area contributed by atoms with Crippen molar-refractivity contribution in [3.05, 3.63) is 29.8 Å². The third-order valence-corrected chi connectivity index (χ3v) is 3.58. The van der Waals surface area contributed by atoms with E-state index in [1.165, 1.54) is 0 Å². The van der Waals surface area contributed by atoms with Crippen LogP contribution in [-0.2, 0) is 16.0 Å². The van der Waals surface area contributed by atoms with Crippen molar-refractivity contribution < 1.29 is 14.3 Å². The number of likely N-dealkylation sites (tertiary alicyclic amines) is 1. The average Bonchev–Trinajstić information content (AvgIpc) is 2.87. The predicted molar refractivity (Wildman–Crippen MR) is 89.2 cm³/mol. The van der Waals surface area contributed by atoms with Gasteiger partial charge in [0.25, 0.3) is 0 Å². The minimum absolute atomic E-state index is 0.136. The van der Waals surface area contributed by atoms with E-state index in [0.717, 1.165) is 17.7 Å². The van der Waals surface area contributed by atoms with Crippen LogP contribution in [0, 0.1) is 0 Å². The second kappa shape index (κ2) is 6.89. The molecule has 3 N–H and O–H groups in total. The molecular formula is C17H25N3O3. The molecule has 0 spiro atoms. The number of nitrogens with zero attached hydrogens (tertiary/aromatic N) is 1. The summed E-state index contributed by atoms with van der Waals surface area (Å²) in [7, 11) is 0. The van der Waals surface area contributed by atoms with Gasteiger partial charge in [-0.05, 0) is 38.8 Å². The van der Waals surface area contributed by atoms with Crippen LogP contribution < -0.4 is 11.1 Å². The van der Waals surface area contributed by atoms with Gasteiger partial charge in [-0.25, -0.2) is 4.79 Å². The Bertz CT molecular complexity index is 581. The number of rotatable bonds is 4. The molecule has 0 radical (unpaired) electrons. The molecule has 6 heteroatoms. The van der Waals surface area contributed by atoms with Crippen LogP contribution in [0.1, 0.15) is 32.8 Å². The number of primary amides is 1. The fourth-order valence-electron chi connectivity index (χ4n) is 2.59. The molecule has 6 nitrogen and oxygen atoms in total. The molecule has 1 aromatic carbocycles. The number of carbonyl (C=O) groups excluding carboxylic acids is 2. The molecule has 1 aliphatic heterocycles. The summed E-state index contributed by atoms with van der Waals surface area (Å²) in [6, 6.07) is 7.73. The Morgan fingerprint density at radius 3 is 2.70 bits per heavy atom. The van der Waals surface area contributed by atoms with E-state index in [9.17, 15) is 9.59 Å². The van der Waals surface area contributed by atoms with Crippen LogP contribution in [0.2, 0.25) is 0 Å². The molecule has 1 atom stereocenters. The van der Waals surface area contributed by atoms with Gasteiger partial charge in [0, 0.05) is 24.8 Å². The first-order valence-corrected chi connectivity index (χ1v) is 7.85. The molecule has 23 heavy (non-hydrogen) atoms. The van der Waals surface area contributed by atoms with Crippen molar-refractivity contribution in [3.8, 4) is 0 Å². The van der Waals surface area contributed by atoms with Gasteiger partial charge in [0.05, 0.1) is 6.42 Å². The molecule has 0 saturated carbocycles. The van der Waals surface area contributed by atoms with E-state index in [0.29, 0.717) is 13.1 Å². The normalized spacial score (nSPS) is 17.9. The number of ether oxygens (including phenoxy) is 1. The van der Waals surface area contributed by atoms with E-state index >= 15 is 0 Å². The Labute approximate surface area is 137 Å². The van der Waals surface area contributed by atoms with Crippen molar-refractivity contribution in [2.45, 2.75) is 45.3 Å². The summed E-state index contributed by atoms with van der Waals surface area (Å²) < 4.78 is 5.39. The number of amides is 2. The number of carbonyl (C=O) groups is 2. The minimum Gasteiger partial charge on any atom is -0.444 e. The van der Waals surface area contributed by atoms with Crippen LogP contribution in [0.25, 0.3) is 0 Å². The number of anilines is 1. The van der Waals surface area contributed by atoms with Gasteiger partial charge in [-0.1, -0.05) is 18.2 Å². The Morgan fingerprint density at radius 2 is 2.04 bits per heavy atom. The number of hydrogen-bond donors (Lipinski definition) is 2. The van der Waals surface area contributed by atoms with Gasteiger partial charge in [0.1, 0.15) is 5.60 Å². The Morgan fingerprint density at radius 1 is 1.35 bits per heavy atom. The zero-order valence-corrected chi connectivity index (χ0v) is 14.0. The highest BCUT2D eigenvalue weighted by atomic mass is 16.6. The molecule has 1 fully saturated rings. The zero-order valence-electron chi connectivity index (χ0n) is 14.0. The third-order valence-electron chi connectivity index (χ3n) is 3.58. The first kappa shape index (κ1) is 17.1. The fraction of sp³-hybridized carbons (Fsp3) is 0.529. The van der Waals surface area contributed by atoms with Gasteiger partial charge >= 0.3 is 6.09 Å². The van der Waals surface area contributed by atoms with Gasteiger partial charge in [-0.2, -0.15) is 0 Å². The Balaban J connectivity index is 1.96. The number of hydrogen-bond acceptors (Lipinski definition) is 4. The third kappa shape index (κ3) is 5.16. The monoisotopic (exact) mass is 319 g/mol. The number of nitrogens with two attached hydrogens (primary N) is 1. The Kier molecular flexibility index (Phi) is 5.13. The van der Waals surface area contributed by atoms with E-state index in [1.807, 2.05) is 45.0 Å². The molecule has 1 heterocycles. The number of para-hydroxylation sites is 1. The molecule has 0 aromatic heterocycles. The average molecular weight is 319 g/mol. The van der Waals surface area contributed by atoms with Gasteiger partial charge in [0.15, 0.2) is 0 Å². The maximum Gasteiger partial charge on any atom is 0.410 e. The summed E-state index contributed by atoms with van der Waals surface area (Å²) in [5.74, 6) is -0.360. The fourth-order valence-corrected chi connectivity index (χ4v) is 2.59. The molecule has 1 aromatic rings. The lowest BCUT2D eigenvalue weighted by Gasteiger charge is -2.24. The smallest absolute Gasteiger partial charge is 0.410 e. The number of nitrogens with one attached hydrogen (secondary N) is 1. The zero-order chi connectivity index (χ0) is 17.0. The molecule has 1 aliphatic rings. The van der Waals surface area contributed by atoms with E-state index < -0.39 is 5.60 Å². The highest BCUT2D eigenvalue weighted by Gasteiger charge is 2.29. The Hall–Kier alpha value is -2.24. The van der Waals surface area contributed by atoms with Crippen LogP contribution >= 0.6 is 0 Å². The first-order chi connectivity index (χ1) is 10.7. The van der Waals surface area contributed by atoms with Gasteiger partial charge in [-0.15, -0.1) is 0 Å². The molecule has 126 valence electrons. The summed E-state index contributed by atoms with van der Waals surface area (Å²) in [5, 5.41) is 3.41. The topological polar surface area (TPSA) is 84.7 Å². The largest absolute Gasteiger partial charge is 0.444 e. The van der Waals surface area contributed by atoms with Gasteiger partial charge < -0.3 is 20.7 Å². The van der Waals surface area contributed by atoms with Crippen molar-refractivity contribution >= 4 is 17.7 Å². The molecule has 1 unspecified atom stereocenters. The minimum atomic E-state index is -0.489. The molecule has 2 amide bonds. The molecule has 1 saturated heterocycles. The maximum atomic E-state index is 12.1. The van der Waals surface area contributed by atoms with Crippen molar-refractivity contribution in [1.82, 2.24) is 4.90 Å². The van der Waals surface area contributed by atoms with Crippen molar-refractivity contribution in [2.75, 3.05) is 18.4 Å². The van der Waals surface area contributed by atoms with Crippen LogP contribution in [0.15, 0.2) is 24.3 Å². The summed E-state index contributed by atoms with van der Waals surface area (Å²) in [4.78, 5) is 25.0. The lowest BCUT2D eigenvalue weighted by molar-refractivity contribution is -0.117. The second-order valence-electron chi connectivity index (χ2n) is 6.86. The molecule has 2 rings (SSSR count). The van der Waals surface area contributed by atoms with Crippen LogP contribution in [0.5, 0.6) is 0 Å². The summed E-state index contributed by atoms with van der Waals surface area (Å²) in [5.41, 5.74) is 6.56. The molecular weight excluding hydrogens is 294 g/mol. The highest BCUT2D eigenvalue weighted by molar-refractivity contribution is 5.78. The maximum absolute atomic E-state index is 12.1. The lowest BCUT2D eigenvalue weighted by atomic mass is 10.1. The van der Waals surface area contributed by atoms with Gasteiger partial charge in [0.2, 0.25) is 5.91 Å².